The van der Waals surface area contributed by atoms with Crippen LogP contribution in [0.5, 0.6) is 0 Å². The van der Waals surface area contributed by atoms with Gasteiger partial charge in [-0.15, -0.1) is 0 Å². The number of nitrogens with zero attached hydrogens (tertiary/aromatic N) is 2. The molecule has 2 aromatic heterocycles. The fraction of sp³-hybridized carbons (Fsp3) is 0. The number of oxazole rings is 1. The Bertz CT molecular complexity index is 2850. The number of aromatic nitrogens is 1. The molecule has 0 unspecified atom stereocenters. The highest BCUT2D eigenvalue weighted by atomic mass is 16.4. The zero-order chi connectivity index (χ0) is 33.7. The summed E-state index contributed by atoms with van der Waals surface area (Å²) in [6, 6.07) is 63.4. The average molecular weight is 655 g/mol. The molecule has 0 atom stereocenters. The van der Waals surface area contributed by atoms with Crippen LogP contribution in [0, 0.1) is 0 Å². The van der Waals surface area contributed by atoms with E-state index >= 15 is 0 Å². The van der Waals surface area contributed by atoms with Crippen LogP contribution in [0.2, 0.25) is 0 Å². The molecule has 0 saturated heterocycles. The van der Waals surface area contributed by atoms with Gasteiger partial charge in [0.2, 0.25) is 5.89 Å². The molecule has 10 rings (SSSR count). The molecular weight excluding hydrogens is 625 g/mol. The Morgan fingerprint density at radius 1 is 0.412 bits per heavy atom. The first kappa shape index (κ1) is 29.0. The Hall–Kier alpha value is -6.91. The van der Waals surface area contributed by atoms with Crippen LogP contribution >= 0.6 is 0 Å². The maximum absolute atomic E-state index is 6.62. The summed E-state index contributed by atoms with van der Waals surface area (Å²) in [6.45, 7) is 0. The Balaban J connectivity index is 1.16. The van der Waals surface area contributed by atoms with Crippen LogP contribution in [0.15, 0.2) is 191 Å². The van der Waals surface area contributed by atoms with Crippen molar-refractivity contribution in [2.45, 2.75) is 0 Å². The second kappa shape index (κ2) is 11.9. The lowest BCUT2D eigenvalue weighted by Gasteiger charge is -2.26. The summed E-state index contributed by atoms with van der Waals surface area (Å²) in [6.07, 6.45) is 0. The van der Waals surface area contributed by atoms with Crippen LogP contribution in [-0.4, -0.2) is 4.98 Å². The zero-order valence-electron chi connectivity index (χ0n) is 27.5. The van der Waals surface area contributed by atoms with Crippen LogP contribution in [-0.2, 0) is 0 Å². The monoisotopic (exact) mass is 654 g/mol. The third-order valence-electron chi connectivity index (χ3n) is 9.66. The highest BCUT2D eigenvalue weighted by Crippen LogP contribution is 2.44. The van der Waals surface area contributed by atoms with Crippen LogP contribution in [0.3, 0.4) is 0 Å². The van der Waals surface area contributed by atoms with Gasteiger partial charge in [0.15, 0.2) is 5.58 Å². The van der Waals surface area contributed by atoms with Gasteiger partial charge in [0.05, 0.1) is 0 Å². The first-order valence-electron chi connectivity index (χ1n) is 17.1. The van der Waals surface area contributed by atoms with Gasteiger partial charge in [-0.25, -0.2) is 4.98 Å². The largest absolute Gasteiger partial charge is 0.456 e. The first-order valence-corrected chi connectivity index (χ1v) is 17.1. The van der Waals surface area contributed by atoms with Gasteiger partial charge in [-0.3, -0.25) is 0 Å². The molecule has 0 N–H and O–H groups in total. The molecule has 0 aliphatic rings. The van der Waals surface area contributed by atoms with E-state index in [0.29, 0.717) is 5.89 Å². The fourth-order valence-corrected chi connectivity index (χ4v) is 7.25. The Kier molecular flexibility index (Phi) is 6.78. The van der Waals surface area contributed by atoms with Gasteiger partial charge in [0.1, 0.15) is 16.7 Å². The summed E-state index contributed by atoms with van der Waals surface area (Å²) in [5.41, 5.74) is 11.6. The Morgan fingerprint density at radius 2 is 1.08 bits per heavy atom. The SMILES string of the molecule is c1ccc(-c2cccc(N(c3ccc(-c4c5oc(-c6ccccc6)nc5cc5oc6ccccc6c45)cc3)c3ccc4ccccc4c3)c2)cc1. The van der Waals surface area contributed by atoms with E-state index in [-0.39, 0.29) is 0 Å². The van der Waals surface area contributed by atoms with E-state index in [0.717, 1.165) is 72.4 Å². The minimum absolute atomic E-state index is 0.584. The van der Waals surface area contributed by atoms with E-state index in [9.17, 15) is 0 Å². The van der Waals surface area contributed by atoms with Crippen molar-refractivity contribution >= 4 is 60.9 Å². The smallest absolute Gasteiger partial charge is 0.227 e. The molecule has 0 amide bonds. The number of fused-ring (bicyclic) bond motifs is 5. The van der Waals surface area contributed by atoms with E-state index in [1.807, 2.05) is 48.5 Å². The van der Waals surface area contributed by atoms with Crippen molar-refractivity contribution in [3.8, 4) is 33.7 Å². The molecule has 0 fully saturated rings. The molecule has 0 saturated carbocycles. The molecule has 4 nitrogen and oxygen atoms in total. The van der Waals surface area contributed by atoms with Crippen molar-refractivity contribution in [3.63, 3.8) is 0 Å². The first-order chi connectivity index (χ1) is 25.3. The van der Waals surface area contributed by atoms with Gasteiger partial charge in [-0.2, -0.15) is 0 Å². The average Bonchev–Trinajstić information content (AvgIpc) is 3.80. The quantitative estimate of drug-likeness (QED) is 0.179. The number of hydrogen-bond acceptors (Lipinski definition) is 4. The minimum atomic E-state index is 0.584. The van der Waals surface area contributed by atoms with Crippen LogP contribution in [0.25, 0.3) is 77.5 Å². The molecule has 240 valence electrons. The van der Waals surface area contributed by atoms with Crippen molar-refractivity contribution in [3.05, 3.63) is 182 Å². The maximum Gasteiger partial charge on any atom is 0.227 e. The highest BCUT2D eigenvalue weighted by molar-refractivity contribution is 6.19. The standard InChI is InChI=1S/C47H30N2O2/c1-3-12-31(13-4-1)36-18-11-19-38(28-36)49(39-27-22-32-14-7-8-17-35(32)29-39)37-25-23-33(24-26-37)44-45-40-20-9-10-21-42(40)50-43(45)30-41-46(44)51-47(48-41)34-15-5-2-6-16-34/h1-30H. The fourth-order valence-electron chi connectivity index (χ4n) is 7.25. The summed E-state index contributed by atoms with van der Waals surface area (Å²) in [7, 11) is 0. The lowest BCUT2D eigenvalue weighted by atomic mass is 9.97. The molecule has 8 aromatic carbocycles. The second-order valence-corrected chi connectivity index (χ2v) is 12.8. The number of rotatable bonds is 6. The number of benzene rings is 8. The molecule has 0 bridgehead atoms. The molecular formula is C47H30N2O2. The Labute approximate surface area is 294 Å². The van der Waals surface area contributed by atoms with Gasteiger partial charge in [-0.05, 0) is 82.1 Å². The number of para-hydroxylation sites is 1. The van der Waals surface area contributed by atoms with Crippen LogP contribution < -0.4 is 4.90 Å². The number of hydrogen-bond donors (Lipinski definition) is 0. The third-order valence-corrected chi connectivity index (χ3v) is 9.66. The van der Waals surface area contributed by atoms with Crippen molar-refractivity contribution in [1.29, 1.82) is 0 Å². The molecule has 0 aliphatic heterocycles. The van der Waals surface area contributed by atoms with Gasteiger partial charge in [0, 0.05) is 45.0 Å². The topological polar surface area (TPSA) is 42.4 Å². The van der Waals surface area contributed by atoms with E-state index in [1.54, 1.807) is 0 Å². The molecule has 51 heavy (non-hydrogen) atoms. The van der Waals surface area contributed by atoms with E-state index < -0.39 is 0 Å². The summed E-state index contributed by atoms with van der Waals surface area (Å²) in [5, 5.41) is 4.46. The summed E-state index contributed by atoms with van der Waals surface area (Å²) >= 11 is 0. The van der Waals surface area contributed by atoms with E-state index in [1.165, 1.54) is 16.3 Å². The van der Waals surface area contributed by atoms with Gasteiger partial charge >= 0.3 is 0 Å². The molecule has 0 spiro atoms. The molecule has 4 heteroatoms. The number of furan rings is 1. The van der Waals surface area contributed by atoms with Crippen LogP contribution in [0.1, 0.15) is 0 Å². The predicted molar refractivity (Wildman–Crippen MR) is 210 cm³/mol. The summed E-state index contributed by atoms with van der Waals surface area (Å²) < 4.78 is 13.0. The minimum Gasteiger partial charge on any atom is -0.456 e. The molecule has 0 radical (unpaired) electrons. The lowest BCUT2D eigenvalue weighted by Crippen LogP contribution is -2.10. The molecule has 10 aromatic rings. The molecule has 0 aliphatic carbocycles. The van der Waals surface area contributed by atoms with Gasteiger partial charge in [-0.1, -0.05) is 121 Å². The van der Waals surface area contributed by atoms with Gasteiger partial charge < -0.3 is 13.7 Å². The summed E-state index contributed by atoms with van der Waals surface area (Å²) in [4.78, 5) is 7.27. The summed E-state index contributed by atoms with van der Waals surface area (Å²) in [5.74, 6) is 0.584. The normalized spacial score (nSPS) is 11.5. The Morgan fingerprint density at radius 3 is 1.90 bits per heavy atom. The highest BCUT2D eigenvalue weighted by Gasteiger charge is 2.22. The van der Waals surface area contributed by atoms with Crippen molar-refractivity contribution in [2.75, 3.05) is 4.90 Å². The molecule has 2 heterocycles. The zero-order valence-corrected chi connectivity index (χ0v) is 27.5. The van der Waals surface area contributed by atoms with E-state index in [4.69, 9.17) is 13.8 Å². The van der Waals surface area contributed by atoms with Crippen molar-refractivity contribution < 1.29 is 8.83 Å². The van der Waals surface area contributed by atoms with Crippen LogP contribution in [0.4, 0.5) is 17.1 Å². The number of anilines is 3. The van der Waals surface area contributed by atoms with Crippen molar-refractivity contribution in [2.24, 2.45) is 0 Å². The van der Waals surface area contributed by atoms with E-state index in [2.05, 4.69) is 138 Å². The maximum atomic E-state index is 6.62. The lowest BCUT2D eigenvalue weighted by molar-refractivity contribution is 0.621. The second-order valence-electron chi connectivity index (χ2n) is 12.8. The van der Waals surface area contributed by atoms with Gasteiger partial charge in [0.25, 0.3) is 0 Å². The third kappa shape index (κ3) is 5.04. The predicted octanol–water partition coefficient (Wildman–Crippen LogP) is 13.4. The van der Waals surface area contributed by atoms with Crippen molar-refractivity contribution in [1.82, 2.24) is 4.98 Å².